The lowest BCUT2D eigenvalue weighted by Gasteiger charge is -2.36. The number of benzene rings is 1. The van der Waals surface area contributed by atoms with Gasteiger partial charge in [-0.15, -0.1) is 0 Å². The summed E-state index contributed by atoms with van der Waals surface area (Å²) in [5.41, 5.74) is 3.82. The van der Waals surface area contributed by atoms with Crippen molar-refractivity contribution < 1.29 is 4.79 Å². The Balaban J connectivity index is 1.14. The van der Waals surface area contributed by atoms with E-state index in [1.165, 1.54) is 5.56 Å². The van der Waals surface area contributed by atoms with Crippen LogP contribution in [0.4, 0.5) is 5.69 Å². The van der Waals surface area contributed by atoms with Crippen molar-refractivity contribution in [2.45, 2.75) is 38.3 Å². The van der Waals surface area contributed by atoms with Crippen LogP contribution in [0.15, 0.2) is 55.0 Å². The summed E-state index contributed by atoms with van der Waals surface area (Å²) >= 11 is 0. The fourth-order valence-corrected chi connectivity index (χ4v) is 4.84. The maximum atomic E-state index is 13.0. The summed E-state index contributed by atoms with van der Waals surface area (Å²) in [5.74, 6) is 0.216. The Morgan fingerprint density at radius 3 is 2.66 bits per heavy atom. The van der Waals surface area contributed by atoms with Crippen LogP contribution in [0.2, 0.25) is 0 Å². The summed E-state index contributed by atoms with van der Waals surface area (Å²) < 4.78 is 0. The van der Waals surface area contributed by atoms with Gasteiger partial charge in [-0.05, 0) is 37.3 Å². The van der Waals surface area contributed by atoms with Crippen LogP contribution in [0.5, 0.6) is 0 Å². The number of pyridine rings is 1. The molecule has 0 bridgehead atoms. The van der Waals surface area contributed by atoms with Crippen molar-refractivity contribution in [1.82, 2.24) is 25.2 Å². The molecule has 2 aromatic heterocycles. The average molecular weight is 431 g/mol. The Hall–Kier alpha value is -3.06. The molecule has 1 amide bonds. The van der Waals surface area contributed by atoms with Crippen molar-refractivity contribution in [1.29, 1.82) is 0 Å². The van der Waals surface area contributed by atoms with Crippen molar-refractivity contribution in [3.63, 3.8) is 0 Å². The molecule has 0 aliphatic carbocycles. The lowest BCUT2D eigenvalue weighted by molar-refractivity contribution is -0.126. The van der Waals surface area contributed by atoms with Gasteiger partial charge in [0.1, 0.15) is 5.52 Å². The first-order valence-corrected chi connectivity index (χ1v) is 11.6. The highest BCUT2D eigenvalue weighted by molar-refractivity contribution is 5.80. The van der Waals surface area contributed by atoms with Gasteiger partial charge in [-0.3, -0.25) is 14.7 Å². The monoisotopic (exact) mass is 430 g/mol. The second-order valence-corrected chi connectivity index (χ2v) is 8.92. The van der Waals surface area contributed by atoms with Crippen molar-refractivity contribution >= 4 is 22.8 Å². The van der Waals surface area contributed by atoms with Crippen LogP contribution in [0.1, 0.15) is 31.2 Å². The van der Waals surface area contributed by atoms with E-state index in [2.05, 4.69) is 60.4 Å². The number of carbonyl (C=O) groups is 1. The minimum atomic E-state index is 0.0173. The number of nitrogens with one attached hydrogen (secondary N) is 1. The Bertz CT molecular complexity index is 1050. The van der Waals surface area contributed by atoms with Crippen molar-refractivity contribution in [3.05, 3.63) is 60.6 Å². The second kappa shape index (κ2) is 9.61. The number of hydrogen-bond donors (Lipinski definition) is 1. The molecule has 2 aliphatic rings. The first-order chi connectivity index (χ1) is 15.7. The summed E-state index contributed by atoms with van der Waals surface area (Å²) in [5, 5.41) is 3.34. The van der Waals surface area contributed by atoms with Gasteiger partial charge in [-0.1, -0.05) is 30.3 Å². The van der Waals surface area contributed by atoms with Gasteiger partial charge in [0.05, 0.1) is 17.8 Å². The highest BCUT2D eigenvalue weighted by Crippen LogP contribution is 2.25. The van der Waals surface area contributed by atoms with E-state index in [1.807, 2.05) is 12.3 Å². The molecule has 166 valence electrons. The Morgan fingerprint density at radius 1 is 1.00 bits per heavy atom. The zero-order valence-corrected chi connectivity index (χ0v) is 18.4. The van der Waals surface area contributed by atoms with Gasteiger partial charge in [0.25, 0.3) is 0 Å². The molecule has 1 N–H and O–H groups in total. The molecule has 7 heteroatoms. The summed E-state index contributed by atoms with van der Waals surface area (Å²) in [6, 6.07) is 12.9. The van der Waals surface area contributed by atoms with Gasteiger partial charge in [0, 0.05) is 51.2 Å². The summed E-state index contributed by atoms with van der Waals surface area (Å²) in [7, 11) is 0. The molecule has 2 fully saturated rings. The van der Waals surface area contributed by atoms with E-state index in [9.17, 15) is 4.79 Å². The molecule has 0 radical (unpaired) electrons. The standard InChI is InChI=1S/C25H30N6O/c32-25(29-21-8-13-30(14-9-21)17-19-5-2-1-3-6-19)20-7-4-12-31(18-20)22-15-23-24(28-16-22)27-11-10-26-23/h1-3,5-6,10-11,15-16,20-21H,4,7-9,12-14,17-18H2,(H,29,32)/t20-/m1/s1. The third-order valence-electron chi connectivity index (χ3n) is 6.65. The molecular weight excluding hydrogens is 400 g/mol. The van der Waals surface area contributed by atoms with E-state index in [0.29, 0.717) is 5.65 Å². The van der Waals surface area contributed by atoms with Crippen molar-refractivity contribution in [2.24, 2.45) is 5.92 Å². The zero-order valence-electron chi connectivity index (χ0n) is 18.4. The number of hydrogen-bond acceptors (Lipinski definition) is 6. The zero-order chi connectivity index (χ0) is 21.8. The number of amides is 1. The van der Waals surface area contributed by atoms with Crippen LogP contribution in [0, 0.1) is 5.92 Å². The number of piperidine rings is 2. The average Bonchev–Trinajstić information content (AvgIpc) is 2.85. The first kappa shape index (κ1) is 20.8. The number of likely N-dealkylation sites (tertiary alicyclic amines) is 1. The van der Waals surface area contributed by atoms with Crippen LogP contribution >= 0.6 is 0 Å². The number of fused-ring (bicyclic) bond motifs is 1. The smallest absolute Gasteiger partial charge is 0.225 e. The maximum Gasteiger partial charge on any atom is 0.225 e. The molecular formula is C25H30N6O. The molecule has 0 spiro atoms. The number of carbonyl (C=O) groups excluding carboxylic acids is 1. The third kappa shape index (κ3) is 4.88. The fraction of sp³-hybridized carbons (Fsp3) is 0.440. The minimum Gasteiger partial charge on any atom is -0.369 e. The second-order valence-electron chi connectivity index (χ2n) is 8.92. The van der Waals surface area contributed by atoms with Crippen LogP contribution in [-0.4, -0.2) is 58.0 Å². The van der Waals surface area contributed by atoms with Gasteiger partial charge < -0.3 is 10.2 Å². The topological polar surface area (TPSA) is 74.2 Å². The van der Waals surface area contributed by atoms with E-state index in [0.717, 1.165) is 69.6 Å². The largest absolute Gasteiger partial charge is 0.369 e. The molecule has 2 aliphatic heterocycles. The fourth-order valence-electron chi connectivity index (χ4n) is 4.84. The minimum absolute atomic E-state index is 0.0173. The van der Waals surface area contributed by atoms with Gasteiger partial charge in [0.15, 0.2) is 5.65 Å². The molecule has 0 saturated carbocycles. The normalized spacial score (nSPS) is 20.4. The van der Waals surface area contributed by atoms with Crippen molar-refractivity contribution in [2.75, 3.05) is 31.1 Å². The molecule has 2 saturated heterocycles. The molecule has 4 heterocycles. The van der Waals surface area contributed by atoms with E-state index >= 15 is 0 Å². The molecule has 1 atom stereocenters. The molecule has 0 unspecified atom stereocenters. The Labute approximate surface area is 188 Å². The number of nitrogens with zero attached hydrogens (tertiary/aromatic N) is 5. The van der Waals surface area contributed by atoms with Crippen LogP contribution in [0.3, 0.4) is 0 Å². The quantitative estimate of drug-likeness (QED) is 0.671. The maximum absolute atomic E-state index is 13.0. The Kier molecular flexibility index (Phi) is 6.25. The summed E-state index contributed by atoms with van der Waals surface area (Å²) in [6.07, 6.45) is 9.17. The van der Waals surface area contributed by atoms with Crippen molar-refractivity contribution in [3.8, 4) is 0 Å². The van der Waals surface area contributed by atoms with Gasteiger partial charge in [-0.25, -0.2) is 9.97 Å². The summed E-state index contributed by atoms with van der Waals surface area (Å²) in [4.78, 5) is 30.8. The number of aromatic nitrogens is 3. The highest BCUT2D eigenvalue weighted by atomic mass is 16.2. The lowest BCUT2D eigenvalue weighted by Crippen LogP contribution is -2.49. The molecule has 1 aromatic carbocycles. The van der Waals surface area contributed by atoms with E-state index in [-0.39, 0.29) is 17.9 Å². The predicted molar refractivity (Wildman–Crippen MR) is 125 cm³/mol. The third-order valence-corrected chi connectivity index (χ3v) is 6.65. The molecule has 5 rings (SSSR count). The first-order valence-electron chi connectivity index (χ1n) is 11.6. The molecule has 3 aromatic rings. The predicted octanol–water partition coefficient (Wildman–Crippen LogP) is 3.02. The van der Waals surface area contributed by atoms with Crippen LogP contribution in [-0.2, 0) is 11.3 Å². The van der Waals surface area contributed by atoms with E-state index in [4.69, 9.17) is 0 Å². The molecule has 7 nitrogen and oxygen atoms in total. The van der Waals surface area contributed by atoms with Crippen LogP contribution in [0.25, 0.3) is 11.2 Å². The Morgan fingerprint density at radius 2 is 1.81 bits per heavy atom. The van der Waals surface area contributed by atoms with Crippen LogP contribution < -0.4 is 10.2 Å². The lowest BCUT2D eigenvalue weighted by atomic mass is 9.95. The van der Waals surface area contributed by atoms with Gasteiger partial charge in [-0.2, -0.15) is 0 Å². The van der Waals surface area contributed by atoms with E-state index < -0.39 is 0 Å². The summed E-state index contributed by atoms with van der Waals surface area (Å²) in [6.45, 7) is 4.71. The van der Waals surface area contributed by atoms with E-state index in [1.54, 1.807) is 12.4 Å². The highest BCUT2D eigenvalue weighted by Gasteiger charge is 2.29. The number of rotatable bonds is 5. The SMILES string of the molecule is O=C(NC1CCN(Cc2ccccc2)CC1)[C@@H]1CCCN(c2cnc3nccnc3c2)C1. The van der Waals surface area contributed by atoms with Gasteiger partial charge in [0.2, 0.25) is 5.91 Å². The van der Waals surface area contributed by atoms with Gasteiger partial charge >= 0.3 is 0 Å². The number of anilines is 1. The molecule has 32 heavy (non-hydrogen) atoms.